The first-order valence-corrected chi connectivity index (χ1v) is 5.95. The van der Waals surface area contributed by atoms with Gasteiger partial charge in [-0.25, -0.2) is 0 Å². The van der Waals surface area contributed by atoms with Crippen molar-refractivity contribution in [2.45, 2.75) is 31.7 Å². The van der Waals surface area contributed by atoms with Crippen molar-refractivity contribution in [3.63, 3.8) is 0 Å². The lowest BCUT2D eigenvalue weighted by atomic mass is 10.2. The third kappa shape index (κ3) is 4.68. The first-order valence-electron chi connectivity index (χ1n) is 5.95. The maximum Gasteiger partial charge on any atom is 0.237 e. The van der Waals surface area contributed by atoms with Crippen LogP contribution in [0.3, 0.4) is 0 Å². The fourth-order valence-electron chi connectivity index (χ4n) is 1.81. The predicted octanol–water partition coefficient (Wildman–Crippen LogP) is 0.703. The van der Waals surface area contributed by atoms with E-state index in [1.54, 1.807) is 0 Å². The number of amides is 1. The molecule has 2 N–H and O–H groups in total. The molecule has 0 radical (unpaired) electrons. The van der Waals surface area contributed by atoms with E-state index in [1.165, 1.54) is 12.8 Å². The van der Waals surface area contributed by atoms with E-state index in [0.717, 1.165) is 31.9 Å². The summed E-state index contributed by atoms with van der Waals surface area (Å²) in [5.41, 5.74) is 0. The van der Waals surface area contributed by atoms with Gasteiger partial charge in [-0.3, -0.25) is 4.79 Å². The number of carbonyl (C=O) groups excluding carboxylic acids is 1. The minimum absolute atomic E-state index is 0. The number of hydrogen-bond acceptors (Lipinski definition) is 3. The molecule has 2 aliphatic rings. The molecule has 2 rings (SSSR count). The summed E-state index contributed by atoms with van der Waals surface area (Å²) in [5.74, 6) is 0.930. The highest BCUT2D eigenvalue weighted by molar-refractivity contribution is 5.85. The zero-order valence-corrected chi connectivity index (χ0v) is 10.4. The zero-order chi connectivity index (χ0) is 10.5. The van der Waals surface area contributed by atoms with E-state index in [9.17, 15) is 4.79 Å². The Labute approximate surface area is 103 Å². The fourth-order valence-corrected chi connectivity index (χ4v) is 1.81. The molecule has 4 nitrogen and oxygen atoms in total. The van der Waals surface area contributed by atoms with Crippen LogP contribution in [0.2, 0.25) is 0 Å². The van der Waals surface area contributed by atoms with Crippen LogP contribution in [0.25, 0.3) is 0 Å². The first kappa shape index (κ1) is 13.7. The highest BCUT2D eigenvalue weighted by Gasteiger charge is 2.22. The Morgan fingerprint density at radius 3 is 2.81 bits per heavy atom. The van der Waals surface area contributed by atoms with Gasteiger partial charge in [-0.15, -0.1) is 12.4 Å². The molecule has 1 heterocycles. The van der Waals surface area contributed by atoms with E-state index in [-0.39, 0.29) is 24.4 Å². The standard InChI is InChI=1S/C11H20N2O2.ClH/c14-11(10-2-1-5-12-10)13-6-7-15-8-9-3-4-9;/h9-10,12H,1-8H2,(H,13,14);1H. The molecular weight excluding hydrogens is 228 g/mol. The Bertz CT molecular complexity index is 216. The summed E-state index contributed by atoms with van der Waals surface area (Å²) in [7, 11) is 0. The fraction of sp³-hybridized carbons (Fsp3) is 0.909. The van der Waals surface area contributed by atoms with Crippen LogP contribution in [-0.2, 0) is 9.53 Å². The van der Waals surface area contributed by atoms with Crippen molar-refractivity contribution < 1.29 is 9.53 Å². The second-order valence-electron chi connectivity index (χ2n) is 4.46. The van der Waals surface area contributed by atoms with Crippen molar-refractivity contribution in [2.75, 3.05) is 26.3 Å². The molecule has 1 aliphatic carbocycles. The monoisotopic (exact) mass is 248 g/mol. The molecule has 0 aromatic rings. The van der Waals surface area contributed by atoms with Crippen LogP contribution >= 0.6 is 12.4 Å². The number of carbonyl (C=O) groups is 1. The van der Waals surface area contributed by atoms with Crippen molar-refractivity contribution in [3.8, 4) is 0 Å². The molecule has 94 valence electrons. The van der Waals surface area contributed by atoms with Gasteiger partial charge in [0, 0.05) is 13.2 Å². The van der Waals surface area contributed by atoms with E-state index in [2.05, 4.69) is 10.6 Å². The van der Waals surface area contributed by atoms with Crippen LogP contribution in [0.1, 0.15) is 25.7 Å². The third-order valence-corrected chi connectivity index (χ3v) is 2.97. The minimum Gasteiger partial charge on any atom is -0.379 e. The molecular formula is C11H21ClN2O2. The van der Waals surface area contributed by atoms with E-state index in [4.69, 9.17) is 4.74 Å². The molecule has 1 saturated heterocycles. The largest absolute Gasteiger partial charge is 0.379 e. The van der Waals surface area contributed by atoms with Crippen LogP contribution in [0, 0.1) is 5.92 Å². The average Bonchev–Trinajstić information content (AvgIpc) is 2.90. The van der Waals surface area contributed by atoms with Crippen molar-refractivity contribution in [3.05, 3.63) is 0 Å². The highest BCUT2D eigenvalue weighted by atomic mass is 35.5. The van der Waals surface area contributed by atoms with Gasteiger partial charge in [-0.1, -0.05) is 0 Å². The molecule has 0 aromatic heterocycles. The molecule has 16 heavy (non-hydrogen) atoms. The Morgan fingerprint density at radius 1 is 1.38 bits per heavy atom. The summed E-state index contributed by atoms with van der Waals surface area (Å²) in [6, 6.07) is 0.0356. The Morgan fingerprint density at radius 2 is 2.19 bits per heavy atom. The lowest BCUT2D eigenvalue weighted by Gasteiger charge is -2.10. The third-order valence-electron chi connectivity index (χ3n) is 2.97. The molecule has 1 aliphatic heterocycles. The van der Waals surface area contributed by atoms with E-state index in [1.807, 2.05) is 0 Å². The smallest absolute Gasteiger partial charge is 0.237 e. The minimum atomic E-state index is 0. The van der Waals surface area contributed by atoms with Gasteiger partial charge in [0.05, 0.1) is 12.6 Å². The lowest BCUT2D eigenvalue weighted by molar-refractivity contribution is -0.123. The number of ether oxygens (including phenoxy) is 1. The van der Waals surface area contributed by atoms with Crippen molar-refractivity contribution in [1.29, 1.82) is 0 Å². The van der Waals surface area contributed by atoms with E-state index in [0.29, 0.717) is 13.2 Å². The van der Waals surface area contributed by atoms with Gasteiger partial charge in [-0.2, -0.15) is 0 Å². The normalized spacial score (nSPS) is 23.9. The second-order valence-corrected chi connectivity index (χ2v) is 4.46. The maximum absolute atomic E-state index is 11.5. The summed E-state index contributed by atoms with van der Waals surface area (Å²) < 4.78 is 5.44. The van der Waals surface area contributed by atoms with Crippen molar-refractivity contribution in [1.82, 2.24) is 10.6 Å². The van der Waals surface area contributed by atoms with Gasteiger partial charge in [-0.05, 0) is 38.1 Å². The molecule has 5 heteroatoms. The average molecular weight is 249 g/mol. The van der Waals surface area contributed by atoms with Gasteiger partial charge in [0.1, 0.15) is 0 Å². The van der Waals surface area contributed by atoms with Crippen LogP contribution in [0.4, 0.5) is 0 Å². The van der Waals surface area contributed by atoms with Crippen LogP contribution in [-0.4, -0.2) is 38.3 Å². The van der Waals surface area contributed by atoms with Crippen LogP contribution in [0.15, 0.2) is 0 Å². The van der Waals surface area contributed by atoms with Gasteiger partial charge >= 0.3 is 0 Å². The molecule has 1 amide bonds. The number of rotatable bonds is 6. The summed E-state index contributed by atoms with van der Waals surface area (Å²) in [4.78, 5) is 11.5. The summed E-state index contributed by atoms with van der Waals surface area (Å²) in [6.45, 7) is 3.13. The quantitative estimate of drug-likeness (QED) is 0.681. The Kier molecular flexibility index (Phi) is 6.09. The molecule has 1 atom stereocenters. The Hall–Kier alpha value is -0.320. The zero-order valence-electron chi connectivity index (χ0n) is 9.54. The molecule has 0 spiro atoms. The number of halogens is 1. The van der Waals surface area contributed by atoms with Gasteiger partial charge < -0.3 is 15.4 Å². The van der Waals surface area contributed by atoms with Crippen LogP contribution in [0.5, 0.6) is 0 Å². The SMILES string of the molecule is Cl.O=C(NCCOCC1CC1)C1CCCN1. The predicted molar refractivity (Wildman–Crippen MR) is 64.8 cm³/mol. The van der Waals surface area contributed by atoms with Crippen molar-refractivity contribution in [2.24, 2.45) is 5.92 Å². The first-order chi connectivity index (χ1) is 7.36. The van der Waals surface area contributed by atoms with E-state index < -0.39 is 0 Å². The molecule has 2 fully saturated rings. The highest BCUT2D eigenvalue weighted by Crippen LogP contribution is 2.28. The molecule has 1 unspecified atom stereocenters. The van der Waals surface area contributed by atoms with Gasteiger partial charge in [0.2, 0.25) is 5.91 Å². The number of hydrogen-bond donors (Lipinski definition) is 2. The van der Waals surface area contributed by atoms with Crippen LogP contribution < -0.4 is 10.6 Å². The maximum atomic E-state index is 11.5. The number of nitrogens with one attached hydrogen (secondary N) is 2. The molecule has 0 bridgehead atoms. The lowest BCUT2D eigenvalue weighted by Crippen LogP contribution is -2.41. The van der Waals surface area contributed by atoms with E-state index >= 15 is 0 Å². The molecule has 0 aromatic carbocycles. The summed E-state index contributed by atoms with van der Waals surface area (Å²) in [6.07, 6.45) is 4.71. The van der Waals surface area contributed by atoms with Crippen molar-refractivity contribution >= 4 is 18.3 Å². The van der Waals surface area contributed by atoms with Gasteiger partial charge in [0.25, 0.3) is 0 Å². The van der Waals surface area contributed by atoms with Gasteiger partial charge in [0.15, 0.2) is 0 Å². The summed E-state index contributed by atoms with van der Waals surface area (Å²) in [5, 5.41) is 6.06. The summed E-state index contributed by atoms with van der Waals surface area (Å²) >= 11 is 0. The topological polar surface area (TPSA) is 50.4 Å². The Balaban J connectivity index is 0.00000128. The second kappa shape index (κ2) is 7.09. The molecule has 1 saturated carbocycles.